The second-order valence-corrected chi connectivity index (χ2v) is 5.48. The van der Waals surface area contributed by atoms with Crippen molar-refractivity contribution in [1.82, 2.24) is 4.98 Å². The number of pyridine rings is 1. The monoisotopic (exact) mass is 259 g/mol. The normalized spacial score (nSPS) is 22.8. The van der Waals surface area contributed by atoms with Gasteiger partial charge in [0.2, 0.25) is 0 Å². The third kappa shape index (κ3) is 3.45. The van der Waals surface area contributed by atoms with Crippen LogP contribution < -0.4 is 5.32 Å². The number of aryl methyl sites for hydroxylation is 2. The summed E-state index contributed by atoms with van der Waals surface area (Å²) in [5.41, 5.74) is 2.51. The quantitative estimate of drug-likeness (QED) is 0.875. The summed E-state index contributed by atoms with van der Waals surface area (Å²) in [6, 6.07) is 4.14. The van der Waals surface area contributed by atoms with Crippen molar-refractivity contribution < 1.29 is 5.11 Å². The number of nitrogens with one attached hydrogen (secondary N) is 1. The highest BCUT2D eigenvalue weighted by Gasteiger charge is 2.20. The summed E-state index contributed by atoms with van der Waals surface area (Å²) in [4.78, 5) is 4.41. The van der Waals surface area contributed by atoms with Crippen molar-refractivity contribution in [2.24, 2.45) is 5.92 Å². The summed E-state index contributed by atoms with van der Waals surface area (Å²) in [5.74, 6) is 1.15. The molecule has 0 spiro atoms. The Labute approximate surface area is 114 Å². The zero-order valence-corrected chi connectivity index (χ0v) is 11.6. The molecule has 4 heteroatoms. The Bertz CT molecular complexity index is 493. The second-order valence-electron chi connectivity index (χ2n) is 5.48. The maximum absolute atomic E-state index is 9.67. The SMILES string of the molecule is Cc1cc(C)c(C#N)c(NCC2CCCC(O)C2)n1. The Hall–Kier alpha value is -1.60. The zero-order chi connectivity index (χ0) is 13.8. The Kier molecular flexibility index (Phi) is 4.39. The molecule has 1 aliphatic carbocycles. The topological polar surface area (TPSA) is 68.9 Å². The molecule has 19 heavy (non-hydrogen) atoms. The predicted octanol–water partition coefficient (Wildman–Crippen LogP) is 2.53. The van der Waals surface area contributed by atoms with E-state index < -0.39 is 0 Å². The van der Waals surface area contributed by atoms with Crippen LogP contribution >= 0.6 is 0 Å². The summed E-state index contributed by atoms with van der Waals surface area (Å²) in [6.45, 7) is 4.65. The smallest absolute Gasteiger partial charge is 0.144 e. The molecule has 0 radical (unpaired) electrons. The molecule has 2 rings (SSSR count). The summed E-state index contributed by atoms with van der Waals surface area (Å²) >= 11 is 0. The summed E-state index contributed by atoms with van der Waals surface area (Å²) < 4.78 is 0. The van der Waals surface area contributed by atoms with Crippen molar-refractivity contribution in [1.29, 1.82) is 5.26 Å². The van der Waals surface area contributed by atoms with Crippen LogP contribution in [0.2, 0.25) is 0 Å². The van der Waals surface area contributed by atoms with Crippen LogP contribution in [0.5, 0.6) is 0 Å². The molecule has 2 unspecified atom stereocenters. The molecule has 102 valence electrons. The predicted molar refractivity (Wildman–Crippen MR) is 74.9 cm³/mol. The van der Waals surface area contributed by atoms with Crippen molar-refractivity contribution in [2.75, 3.05) is 11.9 Å². The molecule has 1 heterocycles. The minimum Gasteiger partial charge on any atom is -0.393 e. The van der Waals surface area contributed by atoms with Crippen molar-refractivity contribution in [3.63, 3.8) is 0 Å². The molecule has 2 N–H and O–H groups in total. The molecule has 0 saturated heterocycles. The third-order valence-electron chi connectivity index (χ3n) is 3.77. The number of nitriles is 1. The first-order valence-electron chi connectivity index (χ1n) is 6.90. The Morgan fingerprint density at radius 2 is 2.26 bits per heavy atom. The largest absolute Gasteiger partial charge is 0.393 e. The summed E-state index contributed by atoms with van der Waals surface area (Å²) in [5, 5.41) is 22.2. The highest BCUT2D eigenvalue weighted by Crippen LogP contribution is 2.25. The molecule has 1 aromatic rings. The molecular weight excluding hydrogens is 238 g/mol. The van der Waals surface area contributed by atoms with Gasteiger partial charge in [-0.15, -0.1) is 0 Å². The minimum absolute atomic E-state index is 0.164. The first kappa shape index (κ1) is 13.8. The van der Waals surface area contributed by atoms with Crippen LogP contribution in [-0.4, -0.2) is 22.7 Å². The lowest BCUT2D eigenvalue weighted by Gasteiger charge is -2.26. The zero-order valence-electron chi connectivity index (χ0n) is 11.6. The van der Waals surface area contributed by atoms with Crippen molar-refractivity contribution in [3.05, 3.63) is 22.9 Å². The number of nitrogens with zero attached hydrogens (tertiary/aromatic N) is 2. The first-order valence-corrected chi connectivity index (χ1v) is 6.90. The molecule has 4 nitrogen and oxygen atoms in total. The van der Waals surface area contributed by atoms with Crippen molar-refractivity contribution in [2.45, 2.75) is 45.6 Å². The molecule has 0 aliphatic heterocycles. The fraction of sp³-hybridized carbons (Fsp3) is 0.600. The van der Waals surface area contributed by atoms with Crippen LogP contribution in [0.15, 0.2) is 6.07 Å². The van der Waals surface area contributed by atoms with Crippen molar-refractivity contribution >= 4 is 5.82 Å². The molecule has 2 atom stereocenters. The fourth-order valence-corrected chi connectivity index (χ4v) is 2.79. The summed E-state index contributed by atoms with van der Waals surface area (Å²) in [7, 11) is 0. The van der Waals surface area contributed by atoms with Crippen LogP contribution in [0, 0.1) is 31.1 Å². The number of aromatic nitrogens is 1. The maximum atomic E-state index is 9.67. The third-order valence-corrected chi connectivity index (χ3v) is 3.77. The second kappa shape index (κ2) is 6.03. The van der Waals surface area contributed by atoms with Gasteiger partial charge in [-0.2, -0.15) is 5.26 Å². The van der Waals surface area contributed by atoms with E-state index in [9.17, 15) is 10.4 Å². The molecule has 1 aliphatic rings. The van der Waals surface area contributed by atoms with E-state index in [0.29, 0.717) is 17.3 Å². The molecule has 1 aromatic heterocycles. The van der Waals surface area contributed by atoms with Crippen LogP contribution in [-0.2, 0) is 0 Å². The Morgan fingerprint density at radius 3 is 2.95 bits per heavy atom. The summed E-state index contributed by atoms with van der Waals surface area (Å²) in [6.07, 6.45) is 3.82. The van der Waals surface area contributed by atoms with Gasteiger partial charge in [0.25, 0.3) is 0 Å². The van der Waals surface area contributed by atoms with Gasteiger partial charge in [-0.3, -0.25) is 0 Å². The number of aliphatic hydroxyl groups excluding tert-OH is 1. The van der Waals surface area contributed by atoms with Gasteiger partial charge in [-0.05, 0) is 50.7 Å². The van der Waals surface area contributed by atoms with Crippen LogP contribution in [0.1, 0.15) is 42.5 Å². The molecular formula is C15H21N3O. The average molecular weight is 259 g/mol. The molecule has 1 fully saturated rings. The van der Waals surface area contributed by atoms with E-state index in [1.807, 2.05) is 19.9 Å². The van der Waals surface area contributed by atoms with E-state index in [4.69, 9.17) is 0 Å². The highest BCUT2D eigenvalue weighted by molar-refractivity contribution is 5.56. The average Bonchev–Trinajstić information content (AvgIpc) is 2.36. The van der Waals surface area contributed by atoms with E-state index in [-0.39, 0.29) is 6.10 Å². The van der Waals surface area contributed by atoms with Crippen LogP contribution in [0.4, 0.5) is 5.82 Å². The van der Waals surface area contributed by atoms with E-state index in [1.54, 1.807) is 0 Å². The number of rotatable bonds is 3. The van der Waals surface area contributed by atoms with E-state index in [0.717, 1.165) is 43.5 Å². The number of aliphatic hydroxyl groups is 1. The van der Waals surface area contributed by atoms with Gasteiger partial charge in [0.05, 0.1) is 11.7 Å². The van der Waals surface area contributed by atoms with Crippen LogP contribution in [0.3, 0.4) is 0 Å². The lowest BCUT2D eigenvalue weighted by Crippen LogP contribution is -2.25. The standard InChI is InChI=1S/C15H21N3O/c1-10-6-11(2)18-15(14(10)8-16)17-9-12-4-3-5-13(19)7-12/h6,12-13,19H,3-5,7,9H2,1-2H3,(H,17,18). The molecule has 0 bridgehead atoms. The van der Waals surface area contributed by atoms with E-state index in [2.05, 4.69) is 16.4 Å². The van der Waals surface area contributed by atoms with Crippen LogP contribution in [0.25, 0.3) is 0 Å². The van der Waals surface area contributed by atoms with E-state index in [1.165, 1.54) is 0 Å². The fourth-order valence-electron chi connectivity index (χ4n) is 2.79. The van der Waals surface area contributed by atoms with Gasteiger partial charge in [0, 0.05) is 12.2 Å². The van der Waals surface area contributed by atoms with Gasteiger partial charge >= 0.3 is 0 Å². The number of hydrogen-bond donors (Lipinski definition) is 2. The molecule has 0 amide bonds. The van der Waals surface area contributed by atoms with Gasteiger partial charge in [0.15, 0.2) is 0 Å². The Morgan fingerprint density at radius 1 is 1.47 bits per heavy atom. The lowest BCUT2D eigenvalue weighted by molar-refractivity contribution is 0.104. The number of anilines is 1. The first-order chi connectivity index (χ1) is 9.10. The maximum Gasteiger partial charge on any atom is 0.144 e. The van der Waals surface area contributed by atoms with Gasteiger partial charge in [-0.1, -0.05) is 6.42 Å². The van der Waals surface area contributed by atoms with E-state index >= 15 is 0 Å². The lowest BCUT2D eigenvalue weighted by atomic mass is 9.87. The van der Waals surface area contributed by atoms with Gasteiger partial charge < -0.3 is 10.4 Å². The Balaban J connectivity index is 2.05. The number of hydrogen-bond acceptors (Lipinski definition) is 4. The van der Waals surface area contributed by atoms with Gasteiger partial charge in [-0.25, -0.2) is 4.98 Å². The van der Waals surface area contributed by atoms with Gasteiger partial charge in [0.1, 0.15) is 11.9 Å². The highest BCUT2D eigenvalue weighted by atomic mass is 16.3. The minimum atomic E-state index is -0.164. The molecule has 0 aromatic carbocycles. The van der Waals surface area contributed by atoms with Crippen molar-refractivity contribution in [3.8, 4) is 6.07 Å². The molecule has 1 saturated carbocycles.